The lowest BCUT2D eigenvalue weighted by Gasteiger charge is -2.32. The number of nitrogens with zero attached hydrogens (tertiary/aromatic N) is 1. The Balaban J connectivity index is 2.16. The summed E-state index contributed by atoms with van der Waals surface area (Å²) in [7, 11) is 0. The number of piperazine rings is 1. The summed E-state index contributed by atoms with van der Waals surface area (Å²) in [6, 6.07) is 6.40. The molecule has 0 aliphatic carbocycles. The van der Waals surface area contributed by atoms with Crippen molar-refractivity contribution in [1.82, 2.24) is 10.2 Å². The zero-order chi connectivity index (χ0) is 13.1. The van der Waals surface area contributed by atoms with Gasteiger partial charge in [-0.05, 0) is 31.2 Å². The van der Waals surface area contributed by atoms with E-state index in [1.54, 1.807) is 36.1 Å². The second kappa shape index (κ2) is 5.05. The smallest absolute Gasteiger partial charge is 0.254 e. The first kappa shape index (κ1) is 12.4. The maximum atomic E-state index is 12.2. The van der Waals surface area contributed by atoms with Gasteiger partial charge in [-0.1, -0.05) is 0 Å². The Kier molecular flexibility index (Phi) is 3.47. The first-order valence-electron chi connectivity index (χ1n) is 5.79. The van der Waals surface area contributed by atoms with Crippen molar-refractivity contribution in [3.05, 3.63) is 29.8 Å². The van der Waals surface area contributed by atoms with Crippen LogP contribution in [-0.4, -0.2) is 35.8 Å². The summed E-state index contributed by atoms with van der Waals surface area (Å²) in [6.45, 7) is 2.75. The molecule has 1 unspecified atom stereocenters. The molecule has 1 aliphatic heterocycles. The summed E-state index contributed by atoms with van der Waals surface area (Å²) in [6.07, 6.45) is 0. The number of nitrogen functional groups attached to an aromatic ring is 1. The van der Waals surface area contributed by atoms with Gasteiger partial charge in [-0.3, -0.25) is 15.4 Å². The Morgan fingerprint density at radius 1 is 1.44 bits per heavy atom. The van der Waals surface area contributed by atoms with Crippen molar-refractivity contribution in [2.75, 3.05) is 18.5 Å². The van der Waals surface area contributed by atoms with E-state index in [1.165, 1.54) is 0 Å². The van der Waals surface area contributed by atoms with Crippen LogP contribution in [0.2, 0.25) is 0 Å². The lowest BCUT2D eigenvalue weighted by molar-refractivity contribution is -0.127. The number of hydrazine groups is 1. The number of carbonyl (C=O) groups excluding carboxylic acids is 2. The highest BCUT2D eigenvalue weighted by Crippen LogP contribution is 2.13. The number of hydrogen-bond acceptors (Lipinski definition) is 4. The minimum absolute atomic E-state index is 0.116. The molecule has 1 atom stereocenters. The van der Waals surface area contributed by atoms with Gasteiger partial charge in [0.2, 0.25) is 5.91 Å². The van der Waals surface area contributed by atoms with Crippen LogP contribution in [0.25, 0.3) is 0 Å². The number of anilines is 1. The highest BCUT2D eigenvalue weighted by Gasteiger charge is 2.29. The lowest BCUT2D eigenvalue weighted by Crippen LogP contribution is -2.55. The minimum Gasteiger partial charge on any atom is -0.353 e. The highest BCUT2D eigenvalue weighted by atomic mass is 16.2. The molecule has 0 saturated carbocycles. The van der Waals surface area contributed by atoms with E-state index in [1.807, 2.05) is 0 Å². The predicted molar refractivity (Wildman–Crippen MR) is 67.8 cm³/mol. The van der Waals surface area contributed by atoms with Crippen molar-refractivity contribution >= 4 is 17.5 Å². The third kappa shape index (κ3) is 2.28. The van der Waals surface area contributed by atoms with Crippen LogP contribution in [-0.2, 0) is 4.79 Å². The van der Waals surface area contributed by atoms with Crippen LogP contribution >= 0.6 is 0 Å². The maximum Gasteiger partial charge on any atom is 0.254 e. The molecule has 1 heterocycles. The molecule has 18 heavy (non-hydrogen) atoms. The third-order valence-corrected chi connectivity index (χ3v) is 3.06. The average Bonchev–Trinajstić information content (AvgIpc) is 2.41. The molecule has 0 spiro atoms. The van der Waals surface area contributed by atoms with Gasteiger partial charge in [0.25, 0.3) is 5.91 Å². The molecule has 2 rings (SSSR count). The minimum atomic E-state index is -0.432. The molecule has 6 heteroatoms. The number of nitrogens with two attached hydrogens (primary N) is 1. The molecule has 96 valence electrons. The Morgan fingerprint density at radius 3 is 2.72 bits per heavy atom. The molecule has 1 aromatic rings. The predicted octanol–water partition coefficient (Wildman–Crippen LogP) is -0.0673. The summed E-state index contributed by atoms with van der Waals surface area (Å²) in [4.78, 5) is 25.3. The topological polar surface area (TPSA) is 87.5 Å². The van der Waals surface area contributed by atoms with Crippen LogP contribution in [0.1, 0.15) is 17.3 Å². The van der Waals surface area contributed by atoms with Crippen LogP contribution in [0.4, 0.5) is 5.69 Å². The summed E-state index contributed by atoms with van der Waals surface area (Å²) in [5, 5.41) is 2.73. The first-order valence-corrected chi connectivity index (χ1v) is 5.79. The molecule has 6 nitrogen and oxygen atoms in total. The van der Waals surface area contributed by atoms with Gasteiger partial charge >= 0.3 is 0 Å². The average molecular weight is 248 g/mol. The van der Waals surface area contributed by atoms with Gasteiger partial charge in [-0.25, -0.2) is 0 Å². The number of amides is 2. The van der Waals surface area contributed by atoms with Crippen LogP contribution in [0.5, 0.6) is 0 Å². The van der Waals surface area contributed by atoms with E-state index in [0.29, 0.717) is 18.7 Å². The molecular formula is C12H16N4O2. The second-order valence-electron chi connectivity index (χ2n) is 4.19. The molecule has 1 fully saturated rings. The van der Waals surface area contributed by atoms with Crippen molar-refractivity contribution in [3.8, 4) is 0 Å². The number of hydrogen-bond donors (Lipinski definition) is 3. The molecule has 1 saturated heterocycles. The van der Waals surface area contributed by atoms with Crippen LogP contribution in [0, 0.1) is 0 Å². The van der Waals surface area contributed by atoms with E-state index in [0.717, 1.165) is 5.69 Å². The molecular weight excluding hydrogens is 232 g/mol. The summed E-state index contributed by atoms with van der Waals surface area (Å²) in [5.74, 6) is 5.01. The molecule has 1 aromatic carbocycles. The number of nitrogens with one attached hydrogen (secondary N) is 2. The van der Waals surface area contributed by atoms with E-state index in [2.05, 4.69) is 10.7 Å². The van der Waals surface area contributed by atoms with Gasteiger partial charge < -0.3 is 15.6 Å². The fourth-order valence-electron chi connectivity index (χ4n) is 1.93. The standard InChI is InChI=1S/C12H16N4O2/c1-8-11(17)14-6-7-16(8)12(18)9-2-4-10(15-13)5-3-9/h2-5,8,15H,6-7,13H2,1H3,(H,14,17). The van der Waals surface area contributed by atoms with E-state index in [9.17, 15) is 9.59 Å². The van der Waals surface area contributed by atoms with E-state index in [-0.39, 0.29) is 11.8 Å². The van der Waals surface area contributed by atoms with Gasteiger partial charge in [0.05, 0.1) is 0 Å². The van der Waals surface area contributed by atoms with Gasteiger partial charge in [-0.2, -0.15) is 0 Å². The molecule has 0 aromatic heterocycles. The zero-order valence-electron chi connectivity index (χ0n) is 10.1. The largest absolute Gasteiger partial charge is 0.353 e. The quantitative estimate of drug-likeness (QED) is 0.505. The fourth-order valence-corrected chi connectivity index (χ4v) is 1.93. The number of rotatable bonds is 2. The van der Waals surface area contributed by atoms with Crippen molar-refractivity contribution in [2.24, 2.45) is 5.84 Å². The molecule has 2 amide bonds. The van der Waals surface area contributed by atoms with Gasteiger partial charge in [0, 0.05) is 24.3 Å². The summed E-state index contributed by atoms with van der Waals surface area (Å²) < 4.78 is 0. The van der Waals surface area contributed by atoms with Gasteiger partial charge in [-0.15, -0.1) is 0 Å². The Labute approximate surface area is 105 Å². The summed E-state index contributed by atoms with van der Waals surface area (Å²) in [5.41, 5.74) is 3.78. The van der Waals surface area contributed by atoms with Crippen LogP contribution < -0.4 is 16.6 Å². The number of carbonyl (C=O) groups is 2. The number of benzene rings is 1. The van der Waals surface area contributed by atoms with E-state index < -0.39 is 6.04 Å². The highest BCUT2D eigenvalue weighted by molar-refractivity contribution is 5.98. The molecule has 0 radical (unpaired) electrons. The summed E-state index contributed by atoms with van der Waals surface area (Å²) >= 11 is 0. The van der Waals surface area contributed by atoms with Crippen molar-refractivity contribution in [2.45, 2.75) is 13.0 Å². The monoisotopic (exact) mass is 248 g/mol. The second-order valence-corrected chi connectivity index (χ2v) is 4.19. The molecule has 4 N–H and O–H groups in total. The third-order valence-electron chi connectivity index (χ3n) is 3.06. The fraction of sp³-hybridized carbons (Fsp3) is 0.333. The normalized spacial score (nSPS) is 19.3. The Hall–Kier alpha value is -2.08. The van der Waals surface area contributed by atoms with E-state index >= 15 is 0 Å². The molecule has 0 bridgehead atoms. The molecule has 1 aliphatic rings. The van der Waals surface area contributed by atoms with Crippen molar-refractivity contribution in [1.29, 1.82) is 0 Å². The van der Waals surface area contributed by atoms with Gasteiger partial charge in [0.15, 0.2) is 0 Å². The lowest BCUT2D eigenvalue weighted by atomic mass is 10.1. The van der Waals surface area contributed by atoms with Crippen LogP contribution in [0.3, 0.4) is 0 Å². The Morgan fingerprint density at radius 2 is 2.11 bits per heavy atom. The van der Waals surface area contributed by atoms with E-state index in [4.69, 9.17) is 5.84 Å². The maximum absolute atomic E-state index is 12.2. The van der Waals surface area contributed by atoms with Crippen LogP contribution in [0.15, 0.2) is 24.3 Å². The van der Waals surface area contributed by atoms with Crippen molar-refractivity contribution in [3.63, 3.8) is 0 Å². The van der Waals surface area contributed by atoms with Gasteiger partial charge in [0.1, 0.15) is 6.04 Å². The Bertz CT molecular complexity index is 458. The zero-order valence-corrected chi connectivity index (χ0v) is 10.1. The SMILES string of the molecule is CC1C(=O)NCCN1C(=O)c1ccc(NN)cc1. The van der Waals surface area contributed by atoms with Crippen molar-refractivity contribution < 1.29 is 9.59 Å². The first-order chi connectivity index (χ1) is 8.63.